The summed E-state index contributed by atoms with van der Waals surface area (Å²) in [5, 5.41) is 10.8. The van der Waals surface area contributed by atoms with Gasteiger partial charge in [-0.2, -0.15) is 8.42 Å². The summed E-state index contributed by atoms with van der Waals surface area (Å²) in [6.45, 7) is 5.81. The zero-order valence-electron chi connectivity index (χ0n) is 10.9. The highest BCUT2D eigenvalue weighted by atomic mass is 32.3. The maximum Gasteiger partial charge on any atom is 0.394 e. The van der Waals surface area contributed by atoms with Gasteiger partial charge in [-0.25, -0.2) is 5.01 Å². The van der Waals surface area contributed by atoms with Crippen LogP contribution in [0.15, 0.2) is 24.3 Å². The van der Waals surface area contributed by atoms with Crippen molar-refractivity contribution in [1.29, 1.82) is 0 Å². The van der Waals surface area contributed by atoms with Crippen molar-refractivity contribution in [2.75, 3.05) is 25.1 Å². The Hall–Kier alpha value is -1.19. The number of aliphatic hydroxyl groups excluding tert-OH is 1. The van der Waals surface area contributed by atoms with Crippen LogP contribution >= 0.6 is 0 Å². The van der Waals surface area contributed by atoms with Gasteiger partial charge in [0.15, 0.2) is 0 Å². The summed E-state index contributed by atoms with van der Waals surface area (Å²) in [7, 11) is -4.67. The molecule has 110 valence electrons. The Labute approximate surface area is 113 Å². The van der Waals surface area contributed by atoms with Gasteiger partial charge in [0.2, 0.25) is 0 Å². The maximum absolute atomic E-state index is 8.83. The normalized spacial score (nSPS) is 10.8. The Balaban J connectivity index is 0.000000555. The summed E-state index contributed by atoms with van der Waals surface area (Å²) >= 11 is 0. The molecule has 1 aromatic rings. The average Bonchev–Trinajstić information content (AvgIpc) is 2.29. The van der Waals surface area contributed by atoms with Gasteiger partial charge in [0.1, 0.15) is 0 Å². The van der Waals surface area contributed by atoms with E-state index in [1.54, 1.807) is 0 Å². The summed E-state index contributed by atoms with van der Waals surface area (Å²) in [6, 6.07) is 8.12. The van der Waals surface area contributed by atoms with Crippen molar-refractivity contribution in [1.82, 2.24) is 5.01 Å². The molecule has 0 unspecified atom stereocenters. The van der Waals surface area contributed by atoms with Crippen LogP contribution in [-0.2, 0) is 10.4 Å². The van der Waals surface area contributed by atoms with Crippen LogP contribution in [0.3, 0.4) is 0 Å². The molecule has 1 aromatic carbocycles. The lowest BCUT2D eigenvalue weighted by Gasteiger charge is -2.22. The molecular formula is C11H20N2O5S. The lowest BCUT2D eigenvalue weighted by Crippen LogP contribution is -2.32. The van der Waals surface area contributed by atoms with Gasteiger partial charge in [-0.05, 0) is 18.6 Å². The van der Waals surface area contributed by atoms with Gasteiger partial charge in [-0.15, -0.1) is 0 Å². The predicted octanol–water partition coefficient (Wildman–Crippen LogP) is 0.983. The lowest BCUT2D eigenvalue weighted by molar-refractivity contribution is 0.225. The minimum atomic E-state index is -4.67. The van der Waals surface area contributed by atoms with Gasteiger partial charge in [0.25, 0.3) is 0 Å². The lowest BCUT2D eigenvalue weighted by atomic mass is 10.2. The standard InChI is InChI=1S/C11H18N2O.H2O4S/c1-3-13(8-9-14)12-11-7-5-4-6-10(11)2;1-5(2,3)4/h4-7,12,14H,3,8-9H2,1-2H3;(H2,1,2,3,4). The van der Waals surface area contributed by atoms with Crippen LogP contribution in [0.5, 0.6) is 0 Å². The number of aryl methyl sites for hydroxylation is 1. The van der Waals surface area contributed by atoms with E-state index in [-0.39, 0.29) is 6.61 Å². The maximum atomic E-state index is 8.83. The number of hydrogen-bond acceptors (Lipinski definition) is 5. The molecule has 0 heterocycles. The van der Waals surface area contributed by atoms with Crippen molar-refractivity contribution in [2.24, 2.45) is 0 Å². The van der Waals surface area contributed by atoms with Crippen molar-refractivity contribution in [3.8, 4) is 0 Å². The molecule has 0 fully saturated rings. The number of aliphatic hydroxyl groups is 1. The molecule has 0 saturated carbocycles. The van der Waals surface area contributed by atoms with E-state index in [4.69, 9.17) is 22.6 Å². The van der Waals surface area contributed by atoms with Gasteiger partial charge >= 0.3 is 10.4 Å². The van der Waals surface area contributed by atoms with Crippen LogP contribution in [0.25, 0.3) is 0 Å². The molecule has 0 aliphatic carbocycles. The minimum absolute atomic E-state index is 0.173. The summed E-state index contributed by atoms with van der Waals surface area (Å²) in [5.74, 6) is 0. The molecule has 7 nitrogen and oxygen atoms in total. The van der Waals surface area contributed by atoms with E-state index in [0.717, 1.165) is 12.2 Å². The number of para-hydroxylation sites is 1. The third-order valence-electron chi connectivity index (χ3n) is 2.18. The van der Waals surface area contributed by atoms with Crippen LogP contribution in [0, 0.1) is 6.92 Å². The fraction of sp³-hybridized carbons (Fsp3) is 0.455. The minimum Gasteiger partial charge on any atom is -0.395 e. The molecular weight excluding hydrogens is 272 g/mol. The quantitative estimate of drug-likeness (QED) is 0.473. The number of nitrogens with zero attached hydrogens (tertiary/aromatic N) is 1. The molecule has 0 bridgehead atoms. The average molecular weight is 292 g/mol. The molecule has 0 amide bonds. The van der Waals surface area contributed by atoms with Crippen molar-refractivity contribution in [3.63, 3.8) is 0 Å². The van der Waals surface area contributed by atoms with E-state index in [0.29, 0.717) is 6.54 Å². The number of likely N-dealkylation sites (N-methyl/N-ethyl adjacent to an activating group) is 1. The van der Waals surface area contributed by atoms with Gasteiger partial charge in [-0.1, -0.05) is 25.1 Å². The molecule has 0 aliphatic rings. The molecule has 0 aliphatic heterocycles. The Morgan fingerprint density at radius 2 is 1.79 bits per heavy atom. The first-order chi connectivity index (χ1) is 8.77. The monoisotopic (exact) mass is 292 g/mol. The third kappa shape index (κ3) is 10.4. The smallest absolute Gasteiger partial charge is 0.394 e. The highest BCUT2D eigenvalue weighted by Crippen LogP contribution is 2.13. The van der Waals surface area contributed by atoms with Crippen LogP contribution in [0.2, 0.25) is 0 Å². The van der Waals surface area contributed by atoms with Crippen molar-refractivity contribution in [2.45, 2.75) is 13.8 Å². The summed E-state index contributed by atoms with van der Waals surface area (Å²) in [4.78, 5) is 0. The first-order valence-corrected chi connectivity index (χ1v) is 7.05. The number of benzene rings is 1. The Kier molecular flexibility index (Phi) is 8.28. The van der Waals surface area contributed by atoms with Crippen molar-refractivity contribution < 1.29 is 22.6 Å². The first-order valence-electron chi connectivity index (χ1n) is 5.66. The number of anilines is 1. The van der Waals surface area contributed by atoms with Gasteiger partial charge < -0.3 is 10.5 Å². The molecule has 1 rings (SSSR count). The van der Waals surface area contributed by atoms with Crippen LogP contribution in [0.4, 0.5) is 5.69 Å². The van der Waals surface area contributed by atoms with E-state index < -0.39 is 10.4 Å². The zero-order valence-corrected chi connectivity index (χ0v) is 11.8. The Morgan fingerprint density at radius 3 is 2.21 bits per heavy atom. The topological polar surface area (TPSA) is 110 Å². The summed E-state index contributed by atoms with van der Waals surface area (Å²) < 4.78 is 31.6. The fourth-order valence-corrected chi connectivity index (χ4v) is 1.28. The van der Waals surface area contributed by atoms with Gasteiger partial charge in [0, 0.05) is 13.1 Å². The molecule has 0 radical (unpaired) electrons. The first kappa shape index (κ1) is 17.8. The number of hydrazine groups is 1. The number of nitrogens with one attached hydrogen (secondary N) is 1. The molecule has 0 saturated heterocycles. The number of rotatable bonds is 5. The van der Waals surface area contributed by atoms with Crippen molar-refractivity contribution >= 4 is 16.1 Å². The largest absolute Gasteiger partial charge is 0.395 e. The molecule has 19 heavy (non-hydrogen) atoms. The van der Waals surface area contributed by atoms with Crippen LogP contribution in [0.1, 0.15) is 12.5 Å². The van der Waals surface area contributed by atoms with E-state index in [2.05, 4.69) is 25.3 Å². The number of hydrogen-bond donors (Lipinski definition) is 4. The van der Waals surface area contributed by atoms with Gasteiger partial charge in [-0.3, -0.25) is 9.11 Å². The van der Waals surface area contributed by atoms with Crippen LogP contribution < -0.4 is 5.43 Å². The third-order valence-corrected chi connectivity index (χ3v) is 2.18. The second-order valence-electron chi connectivity index (χ2n) is 3.68. The molecule has 4 N–H and O–H groups in total. The highest BCUT2D eigenvalue weighted by Gasteiger charge is 2.02. The van der Waals surface area contributed by atoms with Crippen LogP contribution in [-0.4, -0.2) is 47.3 Å². The Bertz CT molecular complexity index is 456. The highest BCUT2D eigenvalue weighted by molar-refractivity contribution is 7.79. The second-order valence-corrected chi connectivity index (χ2v) is 4.57. The molecule has 8 heteroatoms. The van der Waals surface area contributed by atoms with Crippen molar-refractivity contribution in [3.05, 3.63) is 29.8 Å². The van der Waals surface area contributed by atoms with Gasteiger partial charge in [0.05, 0.1) is 12.3 Å². The predicted molar refractivity (Wildman–Crippen MR) is 73.3 cm³/mol. The van der Waals surface area contributed by atoms with E-state index >= 15 is 0 Å². The molecule has 0 atom stereocenters. The fourth-order valence-electron chi connectivity index (χ4n) is 1.28. The summed E-state index contributed by atoms with van der Waals surface area (Å²) in [5.41, 5.74) is 5.58. The molecule has 0 aromatic heterocycles. The zero-order chi connectivity index (χ0) is 14.9. The van der Waals surface area contributed by atoms with E-state index in [9.17, 15) is 0 Å². The Morgan fingerprint density at radius 1 is 1.26 bits per heavy atom. The second kappa shape index (κ2) is 8.83. The summed E-state index contributed by atoms with van der Waals surface area (Å²) in [6.07, 6.45) is 0. The SMILES string of the molecule is CCN(CCO)Nc1ccccc1C.O=S(=O)(O)O. The van der Waals surface area contributed by atoms with E-state index in [1.165, 1.54) is 5.56 Å². The van der Waals surface area contributed by atoms with E-state index in [1.807, 2.05) is 23.2 Å². The molecule has 0 spiro atoms.